The van der Waals surface area contributed by atoms with Crippen LogP contribution in [0.3, 0.4) is 0 Å². The minimum atomic E-state index is -0.0743. The molecular weight excluding hydrogens is 310 g/mol. The molecule has 0 saturated heterocycles. The predicted octanol–water partition coefficient (Wildman–Crippen LogP) is 4.43. The topological polar surface area (TPSA) is 37.3 Å². The van der Waals surface area contributed by atoms with Gasteiger partial charge in [0.2, 0.25) is 0 Å². The lowest BCUT2D eigenvalue weighted by Gasteiger charge is -2.37. The first-order chi connectivity index (χ1) is 12.2. The zero-order valence-corrected chi connectivity index (χ0v) is 14.2. The number of benzene rings is 2. The fourth-order valence-corrected chi connectivity index (χ4v) is 3.51. The minimum Gasteiger partial charge on any atom is -0.348 e. The molecule has 3 aromatic rings. The maximum atomic E-state index is 13.0. The zero-order chi connectivity index (χ0) is 17.2. The van der Waals surface area contributed by atoms with Gasteiger partial charge in [0.25, 0.3) is 0 Å². The Morgan fingerprint density at radius 2 is 1.84 bits per heavy atom. The summed E-state index contributed by atoms with van der Waals surface area (Å²) < 4.78 is 2.23. The number of hydrogen-bond donors (Lipinski definition) is 1. The predicted molar refractivity (Wildman–Crippen MR) is 99.6 cm³/mol. The summed E-state index contributed by atoms with van der Waals surface area (Å²) in [5, 5.41) is 3.05. The van der Waals surface area contributed by atoms with Crippen molar-refractivity contribution in [3.05, 3.63) is 89.7 Å². The molecule has 0 aliphatic carbocycles. The summed E-state index contributed by atoms with van der Waals surface area (Å²) in [5.41, 5.74) is 4.24. The molecule has 0 fully saturated rings. The fourth-order valence-electron chi connectivity index (χ4n) is 3.51. The summed E-state index contributed by atoms with van der Waals surface area (Å²) in [6.07, 6.45) is 2.08. The molecule has 2 aromatic carbocycles. The van der Waals surface area contributed by atoms with E-state index in [4.69, 9.17) is 0 Å². The van der Waals surface area contributed by atoms with Crippen molar-refractivity contribution in [2.75, 3.05) is 11.9 Å². The highest BCUT2D eigenvalue weighted by molar-refractivity contribution is 5.90. The molecule has 25 heavy (non-hydrogen) atoms. The van der Waals surface area contributed by atoms with Gasteiger partial charge >= 0.3 is 6.03 Å². The Hall–Kier alpha value is -3.01. The van der Waals surface area contributed by atoms with Crippen molar-refractivity contribution < 1.29 is 4.79 Å². The summed E-state index contributed by atoms with van der Waals surface area (Å²) in [6.45, 7) is 3.52. The molecule has 1 atom stereocenters. The molecule has 2 amide bonds. The number of aromatic nitrogens is 1. The monoisotopic (exact) mass is 331 g/mol. The largest absolute Gasteiger partial charge is 0.348 e. The van der Waals surface area contributed by atoms with E-state index in [1.165, 1.54) is 0 Å². The maximum absolute atomic E-state index is 13.0. The van der Waals surface area contributed by atoms with Gasteiger partial charge in [-0.2, -0.15) is 0 Å². The van der Waals surface area contributed by atoms with Gasteiger partial charge < -0.3 is 14.8 Å². The molecule has 0 saturated carbocycles. The molecule has 0 spiro atoms. The number of nitrogens with zero attached hydrogens (tertiary/aromatic N) is 2. The molecule has 1 aliphatic heterocycles. The smallest absolute Gasteiger partial charge is 0.322 e. The number of anilines is 1. The molecule has 2 heterocycles. The van der Waals surface area contributed by atoms with Gasteiger partial charge in [-0.25, -0.2) is 4.79 Å². The van der Waals surface area contributed by atoms with Crippen LogP contribution in [0.15, 0.2) is 72.9 Å². The van der Waals surface area contributed by atoms with Crippen LogP contribution in [0.25, 0.3) is 0 Å². The Balaban J connectivity index is 1.66. The molecule has 1 N–H and O–H groups in total. The van der Waals surface area contributed by atoms with Gasteiger partial charge in [-0.15, -0.1) is 0 Å². The van der Waals surface area contributed by atoms with Crippen LogP contribution in [-0.2, 0) is 6.54 Å². The number of rotatable bonds is 2. The summed E-state index contributed by atoms with van der Waals surface area (Å²) in [4.78, 5) is 14.9. The first-order valence-electron chi connectivity index (χ1n) is 8.56. The van der Waals surface area contributed by atoms with E-state index in [2.05, 4.69) is 34.3 Å². The molecular formula is C21H21N3O. The number of hydrogen-bond acceptors (Lipinski definition) is 1. The first kappa shape index (κ1) is 15.5. The van der Waals surface area contributed by atoms with Crippen molar-refractivity contribution in [1.29, 1.82) is 0 Å². The molecule has 1 aliphatic rings. The minimum absolute atomic E-state index is 0.0631. The Kier molecular flexibility index (Phi) is 4.02. The van der Waals surface area contributed by atoms with Gasteiger partial charge in [-0.1, -0.05) is 42.5 Å². The fraction of sp³-hybridized carbons (Fsp3) is 0.190. The number of nitrogens with one attached hydrogen (secondary N) is 1. The van der Waals surface area contributed by atoms with Crippen LogP contribution >= 0.6 is 0 Å². The molecule has 0 unspecified atom stereocenters. The van der Waals surface area contributed by atoms with Crippen molar-refractivity contribution >= 4 is 11.7 Å². The molecule has 0 radical (unpaired) electrons. The van der Waals surface area contributed by atoms with Crippen molar-refractivity contribution in [1.82, 2.24) is 9.47 Å². The second-order valence-corrected chi connectivity index (χ2v) is 6.43. The average molecular weight is 331 g/mol. The molecule has 4 rings (SSSR count). The van der Waals surface area contributed by atoms with Crippen molar-refractivity contribution in [3.8, 4) is 0 Å². The van der Waals surface area contributed by atoms with Crippen LogP contribution in [0.1, 0.15) is 22.9 Å². The van der Waals surface area contributed by atoms with E-state index in [1.54, 1.807) is 0 Å². The lowest BCUT2D eigenvalue weighted by atomic mass is 10.0. The highest BCUT2D eigenvalue weighted by atomic mass is 16.2. The maximum Gasteiger partial charge on any atom is 0.322 e. The van der Waals surface area contributed by atoms with Gasteiger partial charge in [0.05, 0.1) is 6.04 Å². The number of carbonyl (C=O) groups is 1. The number of amides is 2. The summed E-state index contributed by atoms with van der Waals surface area (Å²) in [6, 6.07) is 22.1. The third-order valence-corrected chi connectivity index (χ3v) is 4.68. The van der Waals surface area contributed by atoms with Crippen molar-refractivity contribution in [2.45, 2.75) is 19.5 Å². The lowest BCUT2D eigenvalue weighted by molar-refractivity contribution is 0.182. The second kappa shape index (κ2) is 6.48. The van der Waals surface area contributed by atoms with Crippen LogP contribution in [0.4, 0.5) is 10.5 Å². The Morgan fingerprint density at radius 1 is 1.00 bits per heavy atom. The number of aryl methyl sites for hydroxylation is 1. The van der Waals surface area contributed by atoms with E-state index < -0.39 is 0 Å². The van der Waals surface area contributed by atoms with Gasteiger partial charge in [0.15, 0.2) is 0 Å². The van der Waals surface area contributed by atoms with Gasteiger partial charge in [0.1, 0.15) is 0 Å². The molecule has 1 aromatic heterocycles. The SMILES string of the molecule is Cc1cccc(NC(=O)N2CCn3cccc3[C@@H]2c2ccccc2)c1. The Morgan fingerprint density at radius 3 is 2.64 bits per heavy atom. The summed E-state index contributed by atoms with van der Waals surface area (Å²) in [7, 11) is 0. The van der Waals surface area contributed by atoms with Gasteiger partial charge in [-0.05, 0) is 42.3 Å². The Labute approximate surface area is 147 Å². The third-order valence-electron chi connectivity index (χ3n) is 4.68. The number of urea groups is 1. The quantitative estimate of drug-likeness (QED) is 0.741. The Bertz CT molecular complexity index is 885. The summed E-state index contributed by atoms with van der Waals surface area (Å²) >= 11 is 0. The zero-order valence-electron chi connectivity index (χ0n) is 14.2. The van der Waals surface area contributed by atoms with Crippen LogP contribution in [0.5, 0.6) is 0 Å². The summed E-state index contributed by atoms with van der Waals surface area (Å²) in [5.74, 6) is 0. The normalized spacial score (nSPS) is 16.4. The first-order valence-corrected chi connectivity index (χ1v) is 8.56. The number of carbonyl (C=O) groups excluding carboxylic acids is 1. The van der Waals surface area contributed by atoms with Crippen LogP contribution in [0, 0.1) is 6.92 Å². The highest BCUT2D eigenvalue weighted by Gasteiger charge is 2.32. The second-order valence-electron chi connectivity index (χ2n) is 6.43. The van der Waals surface area contributed by atoms with E-state index >= 15 is 0 Å². The average Bonchev–Trinajstić information content (AvgIpc) is 3.10. The van der Waals surface area contributed by atoms with Crippen LogP contribution < -0.4 is 5.32 Å². The van der Waals surface area contributed by atoms with Crippen LogP contribution in [-0.4, -0.2) is 22.0 Å². The van der Waals surface area contributed by atoms with E-state index in [-0.39, 0.29) is 12.1 Å². The standard InChI is InChI=1S/C21H21N3O/c1-16-7-5-10-18(15-16)22-21(25)24-14-13-23-12-6-11-19(23)20(24)17-8-3-2-4-9-17/h2-12,15,20H,13-14H2,1H3,(H,22,25)/t20-/m0/s1. The van der Waals surface area contributed by atoms with E-state index in [9.17, 15) is 4.79 Å². The lowest BCUT2D eigenvalue weighted by Crippen LogP contribution is -2.44. The molecule has 0 bridgehead atoms. The van der Waals surface area contributed by atoms with Gasteiger partial charge in [0, 0.05) is 30.7 Å². The molecule has 126 valence electrons. The van der Waals surface area contributed by atoms with Crippen molar-refractivity contribution in [2.24, 2.45) is 0 Å². The molecule has 4 heteroatoms. The van der Waals surface area contributed by atoms with Gasteiger partial charge in [-0.3, -0.25) is 0 Å². The highest BCUT2D eigenvalue weighted by Crippen LogP contribution is 2.32. The molecule has 4 nitrogen and oxygen atoms in total. The van der Waals surface area contributed by atoms with E-state index in [0.29, 0.717) is 6.54 Å². The van der Waals surface area contributed by atoms with E-state index in [1.807, 2.05) is 60.4 Å². The van der Waals surface area contributed by atoms with Crippen molar-refractivity contribution in [3.63, 3.8) is 0 Å². The van der Waals surface area contributed by atoms with Crippen LogP contribution in [0.2, 0.25) is 0 Å². The van der Waals surface area contributed by atoms with E-state index in [0.717, 1.165) is 29.1 Å². The number of fused-ring (bicyclic) bond motifs is 1. The third kappa shape index (κ3) is 3.03.